The first-order valence-corrected chi connectivity index (χ1v) is 8.26. The molecule has 1 rings (SSSR count). The van der Waals surface area contributed by atoms with E-state index in [9.17, 15) is 4.79 Å². The highest BCUT2D eigenvalue weighted by Gasteiger charge is 2.07. The van der Waals surface area contributed by atoms with Gasteiger partial charge in [0.25, 0.3) is 0 Å². The van der Waals surface area contributed by atoms with Crippen LogP contribution in [0.3, 0.4) is 0 Å². The third kappa shape index (κ3) is 10.4. The molecule has 6 nitrogen and oxygen atoms in total. The lowest BCUT2D eigenvalue weighted by atomic mass is 10.0. The molecule has 1 aromatic rings. The van der Waals surface area contributed by atoms with Gasteiger partial charge in [-0.05, 0) is 44.7 Å². The van der Waals surface area contributed by atoms with Crippen LogP contribution in [0.1, 0.15) is 40.5 Å². The first-order chi connectivity index (χ1) is 11.0. The van der Waals surface area contributed by atoms with Crippen LogP contribution < -0.4 is 16.0 Å². The minimum absolute atomic E-state index is 0. The summed E-state index contributed by atoms with van der Waals surface area (Å²) < 4.78 is 0. The number of halogens is 1. The summed E-state index contributed by atoms with van der Waals surface area (Å²) in [6.45, 7) is 9.40. The number of guanidine groups is 1. The van der Waals surface area contributed by atoms with Crippen LogP contribution >= 0.6 is 24.0 Å². The summed E-state index contributed by atoms with van der Waals surface area (Å²) in [4.78, 5) is 20.2. The molecule has 0 radical (unpaired) electrons. The number of anilines is 1. The van der Waals surface area contributed by atoms with Crippen molar-refractivity contribution in [3.63, 3.8) is 0 Å². The third-order valence-corrected chi connectivity index (χ3v) is 3.23. The number of carbonyl (C=O) groups excluding carboxylic acids is 1. The average Bonchev–Trinajstić information content (AvgIpc) is 2.52. The van der Waals surface area contributed by atoms with Gasteiger partial charge in [-0.25, -0.2) is 4.99 Å². The number of hydrogen-bond acceptors (Lipinski definition) is 3. The second kappa shape index (κ2) is 13.0. The van der Waals surface area contributed by atoms with Gasteiger partial charge in [0.2, 0.25) is 5.91 Å². The molecular weight excluding hydrogens is 417 g/mol. The van der Waals surface area contributed by atoms with Crippen molar-refractivity contribution in [3.8, 4) is 0 Å². The number of nitrogens with zero attached hydrogens (tertiary/aromatic N) is 2. The number of carbonyl (C=O) groups is 1. The molecule has 3 N–H and O–H groups in total. The molecule has 0 spiro atoms. The normalized spacial score (nSPS) is 12.3. The van der Waals surface area contributed by atoms with E-state index in [1.54, 1.807) is 24.5 Å². The van der Waals surface area contributed by atoms with E-state index in [1.165, 1.54) is 0 Å². The van der Waals surface area contributed by atoms with Gasteiger partial charge in [0.15, 0.2) is 5.96 Å². The Morgan fingerprint density at radius 1 is 1.29 bits per heavy atom. The van der Waals surface area contributed by atoms with E-state index in [-0.39, 0.29) is 36.4 Å². The van der Waals surface area contributed by atoms with Gasteiger partial charge in [0.1, 0.15) is 6.54 Å². The van der Waals surface area contributed by atoms with Gasteiger partial charge in [0, 0.05) is 18.8 Å². The van der Waals surface area contributed by atoms with Crippen LogP contribution in [0.4, 0.5) is 5.69 Å². The maximum atomic E-state index is 11.9. The van der Waals surface area contributed by atoms with E-state index in [2.05, 4.69) is 46.7 Å². The summed E-state index contributed by atoms with van der Waals surface area (Å²) in [5.74, 6) is 1.19. The summed E-state index contributed by atoms with van der Waals surface area (Å²) in [5, 5.41) is 9.27. The smallest absolute Gasteiger partial charge is 0.246 e. The van der Waals surface area contributed by atoms with E-state index in [1.807, 2.05) is 6.92 Å². The van der Waals surface area contributed by atoms with Crippen molar-refractivity contribution >= 4 is 41.5 Å². The molecule has 0 aliphatic carbocycles. The monoisotopic (exact) mass is 447 g/mol. The van der Waals surface area contributed by atoms with E-state index in [0.717, 1.165) is 19.4 Å². The van der Waals surface area contributed by atoms with Gasteiger partial charge in [-0.15, -0.1) is 24.0 Å². The standard InChI is InChI=1S/C17H29N5O.HI/c1-5-19-17(21-14(4)9-8-13(2)3)20-12-16(23)22-15-7-6-10-18-11-15;/h6-7,10-11,13-14H,5,8-9,12H2,1-4H3,(H,22,23)(H2,19,20,21);1H. The minimum atomic E-state index is -0.162. The molecule has 0 saturated heterocycles. The SMILES string of the molecule is CCNC(=NCC(=O)Nc1cccnc1)NC(C)CCC(C)C.I. The molecule has 0 aliphatic rings. The molecule has 1 atom stereocenters. The van der Waals surface area contributed by atoms with Crippen molar-refractivity contribution in [2.75, 3.05) is 18.4 Å². The Bertz CT molecular complexity index is 493. The zero-order chi connectivity index (χ0) is 17.1. The molecule has 0 fully saturated rings. The molecule has 1 aromatic heterocycles. The minimum Gasteiger partial charge on any atom is -0.357 e. The lowest BCUT2D eigenvalue weighted by Gasteiger charge is -2.18. The number of aromatic nitrogens is 1. The molecule has 1 amide bonds. The highest BCUT2D eigenvalue weighted by Crippen LogP contribution is 2.06. The van der Waals surface area contributed by atoms with E-state index >= 15 is 0 Å². The lowest BCUT2D eigenvalue weighted by Crippen LogP contribution is -2.42. The molecule has 24 heavy (non-hydrogen) atoms. The highest BCUT2D eigenvalue weighted by atomic mass is 127. The molecule has 0 aliphatic heterocycles. The van der Waals surface area contributed by atoms with Gasteiger partial charge in [-0.1, -0.05) is 13.8 Å². The molecule has 1 heterocycles. The van der Waals surface area contributed by atoms with Gasteiger partial charge < -0.3 is 16.0 Å². The molecule has 7 heteroatoms. The summed E-state index contributed by atoms with van der Waals surface area (Å²) in [6.07, 6.45) is 5.51. The van der Waals surface area contributed by atoms with Gasteiger partial charge in [-0.2, -0.15) is 0 Å². The zero-order valence-corrected chi connectivity index (χ0v) is 17.3. The Balaban J connectivity index is 0.00000529. The molecule has 0 saturated carbocycles. The molecule has 1 unspecified atom stereocenters. The van der Waals surface area contributed by atoms with Crippen LogP contribution in [0.25, 0.3) is 0 Å². The Morgan fingerprint density at radius 3 is 2.62 bits per heavy atom. The number of nitrogens with one attached hydrogen (secondary N) is 3. The van der Waals surface area contributed by atoms with Crippen molar-refractivity contribution in [2.24, 2.45) is 10.9 Å². The number of amides is 1. The number of hydrogen-bond donors (Lipinski definition) is 3. The van der Waals surface area contributed by atoms with E-state index in [0.29, 0.717) is 23.6 Å². The highest BCUT2D eigenvalue weighted by molar-refractivity contribution is 14.0. The summed E-state index contributed by atoms with van der Waals surface area (Å²) in [6, 6.07) is 3.89. The average molecular weight is 447 g/mol. The molecule has 0 aromatic carbocycles. The van der Waals surface area contributed by atoms with Gasteiger partial charge in [0.05, 0.1) is 11.9 Å². The number of pyridine rings is 1. The Hall–Kier alpha value is -1.38. The predicted molar refractivity (Wildman–Crippen MR) is 111 cm³/mol. The van der Waals surface area contributed by atoms with Crippen molar-refractivity contribution in [2.45, 2.75) is 46.6 Å². The zero-order valence-electron chi connectivity index (χ0n) is 15.0. The Labute approximate surface area is 162 Å². The Morgan fingerprint density at radius 2 is 2.04 bits per heavy atom. The van der Waals surface area contributed by atoms with Crippen molar-refractivity contribution in [1.29, 1.82) is 0 Å². The first-order valence-electron chi connectivity index (χ1n) is 8.26. The second-order valence-corrected chi connectivity index (χ2v) is 6.00. The van der Waals surface area contributed by atoms with Crippen molar-refractivity contribution in [1.82, 2.24) is 15.6 Å². The van der Waals surface area contributed by atoms with Crippen molar-refractivity contribution < 1.29 is 4.79 Å². The van der Waals surface area contributed by atoms with Crippen LogP contribution in [-0.4, -0.2) is 36.0 Å². The summed E-state index contributed by atoms with van der Waals surface area (Å²) in [7, 11) is 0. The fourth-order valence-electron chi connectivity index (χ4n) is 2.00. The molecule has 136 valence electrons. The summed E-state index contributed by atoms with van der Waals surface area (Å²) in [5.41, 5.74) is 0.677. The van der Waals surface area contributed by atoms with Crippen LogP contribution in [0, 0.1) is 5.92 Å². The van der Waals surface area contributed by atoms with Gasteiger partial charge >= 0.3 is 0 Å². The molecule has 0 bridgehead atoms. The predicted octanol–water partition coefficient (Wildman–Crippen LogP) is 3.02. The summed E-state index contributed by atoms with van der Waals surface area (Å²) >= 11 is 0. The fourth-order valence-corrected chi connectivity index (χ4v) is 2.00. The quantitative estimate of drug-likeness (QED) is 0.325. The lowest BCUT2D eigenvalue weighted by molar-refractivity contribution is -0.114. The van der Waals surface area contributed by atoms with Crippen LogP contribution in [0.5, 0.6) is 0 Å². The maximum Gasteiger partial charge on any atom is 0.246 e. The van der Waals surface area contributed by atoms with Gasteiger partial charge in [-0.3, -0.25) is 9.78 Å². The largest absolute Gasteiger partial charge is 0.357 e. The topological polar surface area (TPSA) is 78.4 Å². The Kier molecular flexibility index (Phi) is 12.2. The fraction of sp³-hybridized carbons (Fsp3) is 0.588. The second-order valence-electron chi connectivity index (χ2n) is 6.00. The first kappa shape index (κ1) is 22.6. The van der Waals surface area contributed by atoms with Crippen LogP contribution in [-0.2, 0) is 4.79 Å². The van der Waals surface area contributed by atoms with Crippen LogP contribution in [0.15, 0.2) is 29.5 Å². The maximum absolute atomic E-state index is 11.9. The molecular formula is C17H30IN5O. The van der Waals surface area contributed by atoms with Crippen LogP contribution in [0.2, 0.25) is 0 Å². The number of rotatable bonds is 8. The van der Waals surface area contributed by atoms with Crippen molar-refractivity contribution in [3.05, 3.63) is 24.5 Å². The number of aliphatic imine (C=N–C) groups is 1. The van der Waals surface area contributed by atoms with E-state index < -0.39 is 0 Å². The van der Waals surface area contributed by atoms with E-state index in [4.69, 9.17) is 0 Å². The third-order valence-electron chi connectivity index (χ3n) is 3.23.